The number of rotatable bonds is 5. The second-order valence-corrected chi connectivity index (χ2v) is 13.1. The number of fused-ring (bicyclic) bond motifs is 9. The first-order chi connectivity index (χ1) is 23.5. The van der Waals surface area contributed by atoms with Crippen molar-refractivity contribution in [1.29, 1.82) is 0 Å². The van der Waals surface area contributed by atoms with E-state index in [-0.39, 0.29) is 0 Å². The van der Waals surface area contributed by atoms with Crippen molar-refractivity contribution in [2.75, 3.05) is 0 Å². The normalized spacial score (nSPS) is 13.7. The van der Waals surface area contributed by atoms with E-state index in [1.54, 1.807) is 0 Å². The Hall–Kier alpha value is -5.40. The van der Waals surface area contributed by atoms with Gasteiger partial charge in [0.15, 0.2) is 0 Å². The molecule has 0 fully saturated rings. The predicted octanol–water partition coefficient (Wildman–Crippen LogP) is 11.9. The van der Waals surface area contributed by atoms with E-state index in [1.165, 1.54) is 92.5 Å². The van der Waals surface area contributed by atoms with E-state index in [1.807, 2.05) is 0 Å². The molecular weight excluding hydrogens is 579 g/mol. The third-order valence-electron chi connectivity index (χ3n) is 10.5. The van der Waals surface area contributed by atoms with E-state index < -0.39 is 0 Å². The van der Waals surface area contributed by atoms with Gasteiger partial charge in [0.2, 0.25) is 0 Å². The fraction of sp³-hybridized carbons (Fsp3) is 0.149. The molecular formula is C47H41N. The summed E-state index contributed by atoms with van der Waals surface area (Å²) in [6, 6.07) is 43.0. The van der Waals surface area contributed by atoms with Crippen LogP contribution in [0.1, 0.15) is 51.2 Å². The van der Waals surface area contributed by atoms with E-state index in [4.69, 9.17) is 0 Å². The topological polar surface area (TPSA) is 4.93 Å². The van der Waals surface area contributed by atoms with Crippen LogP contribution >= 0.6 is 0 Å². The number of para-hydroxylation sites is 1. The van der Waals surface area contributed by atoms with Crippen molar-refractivity contribution in [2.45, 2.75) is 47.0 Å². The van der Waals surface area contributed by atoms with Crippen molar-refractivity contribution in [3.05, 3.63) is 149 Å². The van der Waals surface area contributed by atoms with Crippen LogP contribution in [0.2, 0.25) is 0 Å². The Balaban J connectivity index is 1.51. The molecule has 1 atom stereocenters. The molecule has 0 amide bonds. The number of aromatic nitrogens is 1. The van der Waals surface area contributed by atoms with Gasteiger partial charge < -0.3 is 4.57 Å². The molecule has 8 aromatic rings. The molecule has 1 aromatic heterocycles. The third kappa shape index (κ3) is 4.53. The second kappa shape index (κ2) is 12.0. The molecule has 1 unspecified atom stereocenters. The summed E-state index contributed by atoms with van der Waals surface area (Å²) in [5.41, 5.74) is 7.78. The summed E-state index contributed by atoms with van der Waals surface area (Å²) in [6.45, 7) is 11.3. The smallest absolute Gasteiger partial charge is 0.0541 e. The van der Waals surface area contributed by atoms with Crippen molar-refractivity contribution in [2.24, 2.45) is 0 Å². The van der Waals surface area contributed by atoms with E-state index in [2.05, 4.69) is 179 Å². The van der Waals surface area contributed by atoms with Gasteiger partial charge in [0.1, 0.15) is 0 Å². The molecule has 0 bridgehead atoms. The van der Waals surface area contributed by atoms with E-state index >= 15 is 0 Å². The number of aryl methyl sites for hydroxylation is 1. The molecule has 0 spiro atoms. The summed E-state index contributed by atoms with van der Waals surface area (Å²) < 4.78 is 2.40. The number of hydrogen-bond acceptors (Lipinski definition) is 0. The number of nitrogens with zero attached hydrogens (tertiary/aromatic N) is 1. The molecule has 7 aromatic carbocycles. The quantitative estimate of drug-likeness (QED) is 0.169. The van der Waals surface area contributed by atoms with E-state index in [0.29, 0.717) is 5.92 Å². The zero-order valence-corrected chi connectivity index (χ0v) is 28.5. The highest BCUT2D eigenvalue weighted by Gasteiger charge is 2.21. The molecule has 1 heteroatoms. The molecule has 0 radical (unpaired) electrons. The fourth-order valence-electron chi connectivity index (χ4n) is 8.09. The molecule has 1 nitrogen and oxygen atoms in total. The molecule has 0 aliphatic carbocycles. The van der Waals surface area contributed by atoms with Crippen LogP contribution in [-0.2, 0) is 0 Å². The first-order valence-electron chi connectivity index (χ1n) is 17.3. The maximum atomic E-state index is 2.44. The van der Waals surface area contributed by atoms with Crippen molar-refractivity contribution in [3.8, 4) is 16.8 Å². The third-order valence-corrected chi connectivity index (χ3v) is 10.5. The Kier molecular flexibility index (Phi) is 7.49. The van der Waals surface area contributed by atoms with Gasteiger partial charge in [0.05, 0.1) is 10.9 Å². The highest BCUT2D eigenvalue weighted by Crippen LogP contribution is 2.46. The Morgan fingerprint density at radius 3 is 2.21 bits per heavy atom. The molecule has 234 valence electrons. The SMILES string of the molecule is C\C=C/C=c1\c(=C/C)c2cc(-c3ccc4c5ccc6ccccc6c5c5cccc(C)c5c4c3C(C)CC)ccc2n1-c1ccccc1. The molecule has 0 saturated carbocycles. The number of allylic oxidation sites excluding steroid dienone is 2. The lowest BCUT2D eigenvalue weighted by molar-refractivity contribution is 0.741. The molecule has 8 rings (SSSR count). The zero-order chi connectivity index (χ0) is 32.9. The minimum Gasteiger partial charge on any atom is -0.309 e. The molecule has 0 saturated heterocycles. The summed E-state index contributed by atoms with van der Waals surface area (Å²) in [6.07, 6.45) is 9.83. The second-order valence-electron chi connectivity index (χ2n) is 13.1. The van der Waals surface area contributed by atoms with Gasteiger partial charge in [-0.25, -0.2) is 0 Å². The van der Waals surface area contributed by atoms with Crippen LogP contribution in [0.4, 0.5) is 0 Å². The average molecular weight is 620 g/mol. The summed E-state index contributed by atoms with van der Waals surface area (Å²) in [7, 11) is 0. The lowest BCUT2D eigenvalue weighted by Gasteiger charge is -2.23. The maximum Gasteiger partial charge on any atom is 0.0541 e. The van der Waals surface area contributed by atoms with Crippen LogP contribution in [-0.4, -0.2) is 4.57 Å². The highest BCUT2D eigenvalue weighted by atomic mass is 15.0. The van der Waals surface area contributed by atoms with Gasteiger partial charge in [0.25, 0.3) is 0 Å². The van der Waals surface area contributed by atoms with Crippen molar-refractivity contribution in [1.82, 2.24) is 4.57 Å². The van der Waals surface area contributed by atoms with Gasteiger partial charge in [-0.05, 0) is 129 Å². The fourth-order valence-corrected chi connectivity index (χ4v) is 8.09. The van der Waals surface area contributed by atoms with Gasteiger partial charge in [0, 0.05) is 16.3 Å². The standard InChI is InChI=1S/C47H41N/c1-6-9-22-42-35(8-3)41-29-33(24-28-43(41)48(42)34-18-11-10-12-19-34)37-26-27-39-38-25-23-32-17-13-14-20-36(32)46(38)40-21-15-16-31(5)45(40)47(39)44(37)30(4)7-2/h6,8-30H,7H2,1-5H3/b9-6-,35-8-,42-22+. The van der Waals surface area contributed by atoms with Crippen molar-refractivity contribution in [3.63, 3.8) is 0 Å². The molecule has 0 aliphatic heterocycles. The zero-order valence-electron chi connectivity index (χ0n) is 28.5. The lowest BCUT2D eigenvalue weighted by atomic mass is 9.81. The summed E-state index contributed by atoms with van der Waals surface area (Å²) in [5.74, 6) is 0.379. The first kappa shape index (κ1) is 30.0. The summed E-state index contributed by atoms with van der Waals surface area (Å²) in [4.78, 5) is 0. The Labute approximate surface area is 282 Å². The van der Waals surface area contributed by atoms with Gasteiger partial charge >= 0.3 is 0 Å². The lowest BCUT2D eigenvalue weighted by Crippen LogP contribution is -2.27. The van der Waals surface area contributed by atoms with Crippen molar-refractivity contribution >= 4 is 66.1 Å². The number of hydrogen-bond donors (Lipinski definition) is 0. The first-order valence-corrected chi connectivity index (χ1v) is 17.3. The van der Waals surface area contributed by atoms with Crippen LogP contribution in [0.15, 0.2) is 127 Å². The molecule has 0 aliphatic rings. The van der Waals surface area contributed by atoms with Crippen LogP contribution < -0.4 is 10.6 Å². The molecule has 48 heavy (non-hydrogen) atoms. The maximum absolute atomic E-state index is 2.44. The highest BCUT2D eigenvalue weighted by molar-refractivity contribution is 6.33. The van der Waals surface area contributed by atoms with Crippen LogP contribution in [0.3, 0.4) is 0 Å². The van der Waals surface area contributed by atoms with Crippen LogP contribution in [0.5, 0.6) is 0 Å². The van der Waals surface area contributed by atoms with Crippen molar-refractivity contribution < 1.29 is 0 Å². The van der Waals surface area contributed by atoms with Gasteiger partial charge in [-0.15, -0.1) is 0 Å². The number of benzene rings is 7. The van der Waals surface area contributed by atoms with Crippen LogP contribution in [0.25, 0.3) is 83.0 Å². The predicted molar refractivity (Wildman–Crippen MR) is 211 cm³/mol. The Morgan fingerprint density at radius 1 is 0.667 bits per heavy atom. The Morgan fingerprint density at radius 2 is 1.42 bits per heavy atom. The minimum atomic E-state index is 0.379. The van der Waals surface area contributed by atoms with Gasteiger partial charge in [-0.3, -0.25) is 0 Å². The van der Waals surface area contributed by atoms with Gasteiger partial charge in [-0.2, -0.15) is 0 Å². The summed E-state index contributed by atoms with van der Waals surface area (Å²) in [5, 5.41) is 14.5. The summed E-state index contributed by atoms with van der Waals surface area (Å²) >= 11 is 0. The monoisotopic (exact) mass is 619 g/mol. The minimum absolute atomic E-state index is 0.379. The van der Waals surface area contributed by atoms with E-state index in [9.17, 15) is 0 Å². The molecule has 0 N–H and O–H groups in total. The molecule has 1 heterocycles. The Bertz CT molecular complexity index is 2690. The van der Waals surface area contributed by atoms with E-state index in [0.717, 1.165) is 6.42 Å². The van der Waals surface area contributed by atoms with Gasteiger partial charge in [-0.1, -0.05) is 123 Å². The average Bonchev–Trinajstić information content (AvgIpc) is 3.45. The van der Waals surface area contributed by atoms with Crippen LogP contribution in [0, 0.1) is 6.92 Å². The largest absolute Gasteiger partial charge is 0.309 e.